The van der Waals surface area contributed by atoms with Gasteiger partial charge in [0, 0.05) is 19.4 Å². The van der Waals surface area contributed by atoms with Gasteiger partial charge in [-0.3, -0.25) is 18.6 Å². The fourth-order valence-corrected chi connectivity index (χ4v) is 6.00. The number of hydrogen-bond acceptors (Lipinski definition) is 9. The quantitative estimate of drug-likeness (QED) is 0.0183. The van der Waals surface area contributed by atoms with Crippen molar-refractivity contribution in [2.24, 2.45) is 5.73 Å². The molecule has 0 aromatic heterocycles. The summed E-state index contributed by atoms with van der Waals surface area (Å²) in [5, 5.41) is 10.1. The maximum Gasteiger partial charge on any atom is 0.472 e. The molecule has 0 saturated carbocycles. The number of aliphatic hydroxyl groups is 1. The van der Waals surface area contributed by atoms with Crippen LogP contribution in [0.25, 0.3) is 0 Å². The lowest BCUT2D eigenvalue weighted by Gasteiger charge is -2.19. The average Bonchev–Trinajstić information content (AvgIpc) is 3.12. The number of carbonyl (C=O) groups excluding carboxylic acids is 2. The van der Waals surface area contributed by atoms with Gasteiger partial charge in [-0.2, -0.15) is 0 Å². The fourth-order valence-electron chi connectivity index (χ4n) is 5.24. The number of aliphatic hydroxyl groups excluding tert-OH is 1. The maximum atomic E-state index is 12.5. The van der Waals surface area contributed by atoms with Gasteiger partial charge in [-0.15, -0.1) is 0 Å². The first-order valence-electron chi connectivity index (χ1n) is 20.2. The molecule has 0 heterocycles. The fraction of sp³-hybridized carbons (Fsp3) is 0.756. The Kier molecular flexibility index (Phi) is 35.8. The maximum absolute atomic E-state index is 12.5. The zero-order valence-electron chi connectivity index (χ0n) is 32.6. The van der Waals surface area contributed by atoms with Crippen LogP contribution in [0.3, 0.4) is 0 Å². The Morgan fingerprint density at radius 1 is 0.673 bits per heavy atom. The standard InChI is InChI=1S/C41H74NO9P/c1-3-5-7-9-11-13-14-15-16-18-20-24-28-32-40(44)48-36-39(37-50-52(46,47)49-35-34-42)51-41(45)33-29-25-21-23-27-31-38(43)30-26-22-19-17-12-10-8-6-4-2/h12,17,21-23,26-27,31,38-39,43H,3-11,13-16,18-20,24-25,28-30,32-37,42H2,1-2H3,(H,46,47)/b17-12-,23-21+,26-22-,31-27-/t38?,39-/m1/s1. The van der Waals surface area contributed by atoms with Gasteiger partial charge in [-0.25, -0.2) is 4.57 Å². The number of ether oxygens (including phenoxy) is 2. The summed E-state index contributed by atoms with van der Waals surface area (Å²) >= 11 is 0. The van der Waals surface area contributed by atoms with Gasteiger partial charge < -0.3 is 25.2 Å². The van der Waals surface area contributed by atoms with Crippen molar-refractivity contribution in [3.05, 3.63) is 48.6 Å². The highest BCUT2D eigenvalue weighted by atomic mass is 31.2. The van der Waals surface area contributed by atoms with Gasteiger partial charge in [0.25, 0.3) is 0 Å². The predicted molar refractivity (Wildman–Crippen MR) is 212 cm³/mol. The molecule has 11 heteroatoms. The van der Waals surface area contributed by atoms with Crippen LogP contribution in [-0.2, 0) is 32.7 Å². The lowest BCUT2D eigenvalue weighted by Crippen LogP contribution is -2.29. The van der Waals surface area contributed by atoms with E-state index in [1.165, 1.54) is 83.5 Å². The number of rotatable bonds is 37. The Bertz CT molecular complexity index is 1010. The van der Waals surface area contributed by atoms with Crippen LogP contribution in [0, 0.1) is 0 Å². The number of esters is 2. The van der Waals surface area contributed by atoms with E-state index in [9.17, 15) is 24.2 Å². The van der Waals surface area contributed by atoms with Crippen molar-refractivity contribution in [3.63, 3.8) is 0 Å². The number of phosphoric acid groups is 1. The second-order valence-corrected chi connectivity index (χ2v) is 14.8. The van der Waals surface area contributed by atoms with Gasteiger partial charge in [0.1, 0.15) is 6.61 Å². The number of carbonyl (C=O) groups is 2. The highest BCUT2D eigenvalue weighted by Crippen LogP contribution is 2.43. The summed E-state index contributed by atoms with van der Waals surface area (Å²) in [6.07, 6.45) is 37.4. The molecular weight excluding hydrogens is 681 g/mol. The molecule has 0 aromatic carbocycles. The minimum absolute atomic E-state index is 0.0304. The third kappa shape index (κ3) is 36.3. The molecule has 302 valence electrons. The number of hydrogen-bond donors (Lipinski definition) is 3. The van der Waals surface area contributed by atoms with Crippen molar-refractivity contribution in [1.82, 2.24) is 0 Å². The number of unbranched alkanes of at least 4 members (excludes halogenated alkanes) is 16. The summed E-state index contributed by atoms with van der Waals surface area (Å²) in [5.74, 6) is -0.959. The first kappa shape index (κ1) is 49.9. The van der Waals surface area contributed by atoms with Gasteiger partial charge in [0.05, 0.1) is 19.3 Å². The zero-order chi connectivity index (χ0) is 38.4. The van der Waals surface area contributed by atoms with Gasteiger partial charge in [0.15, 0.2) is 6.10 Å². The number of phosphoric ester groups is 1. The molecule has 0 saturated heterocycles. The highest BCUT2D eigenvalue weighted by molar-refractivity contribution is 7.47. The van der Waals surface area contributed by atoms with Gasteiger partial charge in [0.2, 0.25) is 0 Å². The second-order valence-electron chi connectivity index (χ2n) is 13.4. The van der Waals surface area contributed by atoms with Crippen LogP contribution in [-0.4, -0.2) is 60.5 Å². The summed E-state index contributed by atoms with van der Waals surface area (Å²) in [7, 11) is -4.41. The first-order chi connectivity index (χ1) is 25.2. The van der Waals surface area contributed by atoms with E-state index in [4.69, 9.17) is 24.3 Å². The molecule has 0 aliphatic heterocycles. The van der Waals surface area contributed by atoms with Crippen molar-refractivity contribution < 1.29 is 42.7 Å². The third-order valence-electron chi connectivity index (χ3n) is 8.30. The van der Waals surface area contributed by atoms with Crippen molar-refractivity contribution in [2.75, 3.05) is 26.4 Å². The lowest BCUT2D eigenvalue weighted by molar-refractivity contribution is -0.161. The molecule has 3 atom stereocenters. The molecule has 0 rings (SSSR count). The second kappa shape index (κ2) is 37.3. The van der Waals surface area contributed by atoms with Crippen LogP contribution in [0.15, 0.2) is 48.6 Å². The van der Waals surface area contributed by atoms with Crippen molar-refractivity contribution in [1.29, 1.82) is 0 Å². The summed E-state index contributed by atoms with van der Waals surface area (Å²) in [4.78, 5) is 34.7. The Morgan fingerprint density at radius 3 is 1.90 bits per heavy atom. The van der Waals surface area contributed by atoms with Crippen LogP contribution in [0.5, 0.6) is 0 Å². The molecule has 52 heavy (non-hydrogen) atoms. The Balaban J connectivity index is 4.40. The van der Waals surface area contributed by atoms with Crippen LogP contribution in [0.4, 0.5) is 0 Å². The van der Waals surface area contributed by atoms with Gasteiger partial charge >= 0.3 is 19.8 Å². The summed E-state index contributed by atoms with van der Waals surface area (Å²) < 4.78 is 32.6. The van der Waals surface area contributed by atoms with Crippen LogP contribution < -0.4 is 5.73 Å². The highest BCUT2D eigenvalue weighted by Gasteiger charge is 2.25. The zero-order valence-corrected chi connectivity index (χ0v) is 33.5. The SMILES string of the molecule is CCCCC/C=C\C/C=C\CC(O)/C=C\C=C\CCCC(=O)O[C@H](COC(=O)CCCCCCCCCCCCCCC)COP(=O)(O)OCCN. The van der Waals surface area contributed by atoms with E-state index in [1.807, 2.05) is 18.2 Å². The smallest absolute Gasteiger partial charge is 0.462 e. The predicted octanol–water partition coefficient (Wildman–Crippen LogP) is 10.1. The van der Waals surface area contributed by atoms with Gasteiger partial charge in [-0.1, -0.05) is 152 Å². The summed E-state index contributed by atoms with van der Waals surface area (Å²) in [6.45, 7) is 3.52. The van der Waals surface area contributed by atoms with Crippen molar-refractivity contribution in [2.45, 2.75) is 174 Å². The topological polar surface area (TPSA) is 155 Å². The molecule has 0 aliphatic carbocycles. The molecule has 4 N–H and O–H groups in total. The number of allylic oxidation sites excluding steroid dienone is 6. The van der Waals surface area contributed by atoms with E-state index in [2.05, 4.69) is 32.1 Å². The normalized spacial score (nSPS) is 14.5. The van der Waals surface area contributed by atoms with E-state index in [0.29, 0.717) is 25.7 Å². The first-order valence-corrected chi connectivity index (χ1v) is 21.7. The van der Waals surface area contributed by atoms with Crippen LogP contribution in [0.1, 0.15) is 162 Å². The number of nitrogens with two attached hydrogens (primary N) is 1. The Morgan fingerprint density at radius 2 is 1.25 bits per heavy atom. The molecule has 2 unspecified atom stereocenters. The van der Waals surface area contributed by atoms with E-state index >= 15 is 0 Å². The molecule has 10 nitrogen and oxygen atoms in total. The minimum Gasteiger partial charge on any atom is -0.462 e. The molecular formula is C41H74NO9P. The van der Waals surface area contributed by atoms with Crippen molar-refractivity contribution in [3.8, 4) is 0 Å². The van der Waals surface area contributed by atoms with Crippen molar-refractivity contribution >= 4 is 19.8 Å². The average molecular weight is 756 g/mol. The molecule has 0 fully saturated rings. The molecule has 0 spiro atoms. The molecule has 0 radical (unpaired) electrons. The molecule has 0 amide bonds. The largest absolute Gasteiger partial charge is 0.472 e. The van der Waals surface area contributed by atoms with E-state index in [0.717, 1.165) is 25.7 Å². The molecule has 0 aromatic rings. The monoisotopic (exact) mass is 756 g/mol. The molecule has 0 bridgehead atoms. The summed E-state index contributed by atoms with van der Waals surface area (Å²) in [5.41, 5.74) is 5.33. The van der Waals surface area contributed by atoms with Gasteiger partial charge in [-0.05, 0) is 44.9 Å². The van der Waals surface area contributed by atoms with E-state index in [1.54, 1.807) is 12.2 Å². The molecule has 0 aliphatic rings. The third-order valence-corrected chi connectivity index (χ3v) is 9.28. The van der Waals surface area contributed by atoms with Crippen LogP contribution >= 0.6 is 7.82 Å². The minimum atomic E-state index is -4.41. The summed E-state index contributed by atoms with van der Waals surface area (Å²) in [6, 6.07) is 0. The Labute approximate surface area is 316 Å². The van der Waals surface area contributed by atoms with E-state index < -0.39 is 38.6 Å². The van der Waals surface area contributed by atoms with E-state index in [-0.39, 0.29) is 32.6 Å². The Hall–Kier alpha value is -2.07. The lowest BCUT2D eigenvalue weighted by atomic mass is 10.0. The van der Waals surface area contributed by atoms with Crippen LogP contribution in [0.2, 0.25) is 0 Å².